The lowest BCUT2D eigenvalue weighted by Crippen LogP contribution is -2.41. The smallest absolute Gasteiger partial charge is 0.317 e. The number of aromatic nitrogens is 2. The number of alkyl halides is 3. The van der Waals surface area contributed by atoms with Crippen molar-refractivity contribution in [3.8, 4) is 11.1 Å². The first-order valence-corrected chi connectivity index (χ1v) is 8.85. The van der Waals surface area contributed by atoms with E-state index >= 15 is 0 Å². The number of carbonyl (C=O) groups excluding carboxylic acids is 1. The van der Waals surface area contributed by atoms with E-state index in [2.05, 4.69) is 10.4 Å². The minimum atomic E-state index is -4.48. The largest absolute Gasteiger partial charge is 0.416 e. The summed E-state index contributed by atoms with van der Waals surface area (Å²) in [6.45, 7) is 1.05. The molecule has 3 aromatic rings. The number of nitrogens with zero attached hydrogens (tertiary/aromatic N) is 3. The Bertz CT molecular complexity index is 1040. The number of amides is 2. The average molecular weight is 404 g/mol. The number of rotatable bonds is 2. The average Bonchev–Trinajstić information content (AvgIpc) is 3.11. The molecule has 2 heterocycles. The van der Waals surface area contributed by atoms with E-state index in [0.717, 1.165) is 29.0 Å². The fraction of sp³-hybridized carbons (Fsp3) is 0.200. The van der Waals surface area contributed by atoms with Crippen molar-refractivity contribution in [2.75, 3.05) is 11.9 Å². The highest BCUT2D eigenvalue weighted by molar-refractivity contribution is 5.89. The molecule has 0 radical (unpaired) electrons. The molecule has 1 aliphatic rings. The molecular formula is C20H16F4N4O. The maximum atomic E-state index is 13.2. The second-order valence-electron chi connectivity index (χ2n) is 6.67. The van der Waals surface area contributed by atoms with E-state index in [4.69, 9.17) is 0 Å². The first-order chi connectivity index (χ1) is 13.8. The van der Waals surface area contributed by atoms with Gasteiger partial charge in [0.25, 0.3) is 0 Å². The summed E-state index contributed by atoms with van der Waals surface area (Å²) in [6.07, 6.45) is -2.82. The van der Waals surface area contributed by atoms with E-state index in [1.165, 1.54) is 29.2 Å². The molecule has 2 amide bonds. The second kappa shape index (κ2) is 7.23. The van der Waals surface area contributed by atoms with Gasteiger partial charge in [-0.15, -0.1) is 0 Å². The first kappa shape index (κ1) is 19.0. The number of carbonyl (C=O) groups is 1. The molecule has 1 aromatic heterocycles. The molecule has 0 bridgehead atoms. The van der Waals surface area contributed by atoms with Crippen LogP contribution in [0.2, 0.25) is 0 Å². The van der Waals surface area contributed by atoms with Gasteiger partial charge in [0, 0.05) is 17.8 Å². The Balaban J connectivity index is 1.52. The Kier molecular flexibility index (Phi) is 4.73. The lowest BCUT2D eigenvalue weighted by molar-refractivity contribution is -0.137. The van der Waals surface area contributed by atoms with Crippen LogP contribution in [0.15, 0.2) is 54.7 Å². The lowest BCUT2D eigenvalue weighted by Gasteiger charge is -2.28. The van der Waals surface area contributed by atoms with E-state index in [1.54, 1.807) is 23.0 Å². The number of urea groups is 1. The van der Waals surface area contributed by atoms with Crippen LogP contribution in [0.4, 0.5) is 28.0 Å². The number of anilines is 1. The van der Waals surface area contributed by atoms with Gasteiger partial charge in [0.15, 0.2) is 0 Å². The standard InChI is InChI=1S/C20H16F4N4O/c21-15-6-4-13(5-7-15)17-11-25-28-9-8-27(12-18(17)28)19(29)26-16-3-1-2-14(10-16)20(22,23)24/h1-7,10-11H,8-9,12H2,(H,26,29). The van der Waals surface area contributed by atoms with Crippen molar-refractivity contribution in [3.05, 3.63) is 71.8 Å². The van der Waals surface area contributed by atoms with Crippen LogP contribution in [0, 0.1) is 5.82 Å². The SMILES string of the molecule is O=C(Nc1cccc(C(F)(F)F)c1)N1CCn2ncc(-c3ccc(F)cc3)c2C1. The summed E-state index contributed by atoms with van der Waals surface area (Å²) in [7, 11) is 0. The molecule has 1 N–H and O–H groups in total. The lowest BCUT2D eigenvalue weighted by atomic mass is 10.1. The van der Waals surface area contributed by atoms with Gasteiger partial charge in [0.2, 0.25) is 0 Å². The van der Waals surface area contributed by atoms with Gasteiger partial charge in [-0.2, -0.15) is 18.3 Å². The molecule has 9 heteroatoms. The van der Waals surface area contributed by atoms with E-state index < -0.39 is 17.8 Å². The van der Waals surface area contributed by atoms with Crippen molar-refractivity contribution in [2.24, 2.45) is 0 Å². The normalized spacial score (nSPS) is 13.9. The topological polar surface area (TPSA) is 50.2 Å². The number of benzene rings is 2. The molecule has 5 nitrogen and oxygen atoms in total. The fourth-order valence-corrected chi connectivity index (χ4v) is 3.27. The number of hydrogen-bond donors (Lipinski definition) is 1. The highest BCUT2D eigenvalue weighted by Gasteiger charge is 2.31. The van der Waals surface area contributed by atoms with Crippen molar-refractivity contribution in [2.45, 2.75) is 19.3 Å². The van der Waals surface area contributed by atoms with Crippen LogP contribution in [0.25, 0.3) is 11.1 Å². The van der Waals surface area contributed by atoms with Crippen molar-refractivity contribution >= 4 is 11.7 Å². The van der Waals surface area contributed by atoms with E-state index in [0.29, 0.717) is 13.1 Å². The summed E-state index contributed by atoms with van der Waals surface area (Å²) in [5.74, 6) is -0.350. The number of hydrogen-bond acceptors (Lipinski definition) is 2. The Morgan fingerprint density at radius 1 is 1.07 bits per heavy atom. The minimum Gasteiger partial charge on any atom is -0.317 e. The molecule has 1 aliphatic heterocycles. The molecule has 0 aliphatic carbocycles. The summed E-state index contributed by atoms with van der Waals surface area (Å²) in [5, 5.41) is 6.83. The van der Waals surface area contributed by atoms with E-state index in [9.17, 15) is 22.4 Å². The van der Waals surface area contributed by atoms with E-state index in [1.807, 2.05) is 0 Å². The van der Waals surface area contributed by atoms with Gasteiger partial charge in [-0.1, -0.05) is 18.2 Å². The summed E-state index contributed by atoms with van der Waals surface area (Å²) in [6, 6.07) is 9.97. The quantitative estimate of drug-likeness (QED) is 0.627. The maximum Gasteiger partial charge on any atom is 0.416 e. The molecule has 0 saturated heterocycles. The molecule has 0 spiro atoms. The van der Waals surface area contributed by atoms with Crippen LogP contribution in [0.1, 0.15) is 11.3 Å². The molecule has 2 aromatic carbocycles. The monoisotopic (exact) mass is 404 g/mol. The van der Waals surface area contributed by atoms with Crippen LogP contribution >= 0.6 is 0 Å². The first-order valence-electron chi connectivity index (χ1n) is 8.85. The van der Waals surface area contributed by atoms with Crippen LogP contribution in [0.3, 0.4) is 0 Å². The summed E-state index contributed by atoms with van der Waals surface area (Å²) in [4.78, 5) is 14.1. The van der Waals surface area contributed by atoms with Gasteiger partial charge >= 0.3 is 12.2 Å². The predicted molar refractivity (Wildman–Crippen MR) is 98.5 cm³/mol. The second-order valence-corrected chi connectivity index (χ2v) is 6.67. The number of fused-ring (bicyclic) bond motifs is 1. The summed E-state index contributed by atoms with van der Waals surface area (Å²) >= 11 is 0. The maximum absolute atomic E-state index is 13.2. The zero-order valence-corrected chi connectivity index (χ0v) is 15.1. The van der Waals surface area contributed by atoms with Gasteiger partial charge < -0.3 is 10.2 Å². The van der Waals surface area contributed by atoms with E-state index in [-0.39, 0.29) is 18.0 Å². The molecule has 150 valence electrons. The Morgan fingerprint density at radius 2 is 1.83 bits per heavy atom. The Hall–Kier alpha value is -3.36. The number of nitrogens with one attached hydrogen (secondary N) is 1. The van der Waals surface area contributed by atoms with Crippen LogP contribution in [-0.4, -0.2) is 27.3 Å². The zero-order chi connectivity index (χ0) is 20.6. The Morgan fingerprint density at radius 3 is 2.55 bits per heavy atom. The fourth-order valence-electron chi connectivity index (χ4n) is 3.27. The number of halogens is 4. The van der Waals surface area contributed by atoms with Gasteiger partial charge in [-0.3, -0.25) is 4.68 Å². The zero-order valence-electron chi connectivity index (χ0n) is 15.1. The van der Waals surface area contributed by atoms with Crippen molar-refractivity contribution in [1.29, 1.82) is 0 Å². The van der Waals surface area contributed by atoms with Crippen molar-refractivity contribution in [1.82, 2.24) is 14.7 Å². The summed E-state index contributed by atoms with van der Waals surface area (Å²) in [5.41, 5.74) is 1.57. The van der Waals surface area contributed by atoms with Crippen LogP contribution in [0.5, 0.6) is 0 Å². The predicted octanol–water partition coefficient (Wildman–Crippen LogP) is 4.76. The van der Waals surface area contributed by atoms with Crippen LogP contribution in [-0.2, 0) is 19.3 Å². The molecule has 0 saturated carbocycles. The molecular weight excluding hydrogens is 388 g/mol. The van der Waals surface area contributed by atoms with Crippen LogP contribution < -0.4 is 5.32 Å². The molecule has 29 heavy (non-hydrogen) atoms. The van der Waals surface area contributed by atoms with Crippen molar-refractivity contribution in [3.63, 3.8) is 0 Å². The third-order valence-electron chi connectivity index (χ3n) is 4.75. The highest BCUT2D eigenvalue weighted by Crippen LogP contribution is 2.31. The van der Waals surface area contributed by atoms with Gasteiger partial charge in [0.05, 0.1) is 30.5 Å². The molecule has 0 unspecified atom stereocenters. The van der Waals surface area contributed by atoms with Gasteiger partial charge in [-0.05, 0) is 35.9 Å². The van der Waals surface area contributed by atoms with Gasteiger partial charge in [-0.25, -0.2) is 9.18 Å². The summed E-state index contributed by atoms with van der Waals surface area (Å²) < 4.78 is 53.6. The highest BCUT2D eigenvalue weighted by atomic mass is 19.4. The van der Waals surface area contributed by atoms with Crippen molar-refractivity contribution < 1.29 is 22.4 Å². The minimum absolute atomic E-state index is 0.0719. The van der Waals surface area contributed by atoms with Gasteiger partial charge in [0.1, 0.15) is 5.82 Å². The molecule has 0 fully saturated rings. The third-order valence-corrected chi connectivity index (χ3v) is 4.75. The Labute approximate surface area is 163 Å². The third kappa shape index (κ3) is 3.94. The molecule has 0 atom stereocenters. The molecule has 4 rings (SSSR count).